The third-order valence-corrected chi connectivity index (χ3v) is 6.10. The lowest BCUT2D eigenvalue weighted by Crippen LogP contribution is -2.39. The molecule has 0 saturated carbocycles. The van der Waals surface area contributed by atoms with Crippen LogP contribution in [0.4, 0.5) is 36.7 Å². The summed E-state index contributed by atoms with van der Waals surface area (Å²) in [5.41, 5.74) is 0.885. The predicted octanol–water partition coefficient (Wildman–Crippen LogP) is 3.25. The molecule has 1 aliphatic heterocycles. The Kier molecular flexibility index (Phi) is 7.49. The summed E-state index contributed by atoms with van der Waals surface area (Å²) >= 11 is 0. The molecule has 0 aliphatic carbocycles. The molecule has 0 amide bonds. The van der Waals surface area contributed by atoms with Gasteiger partial charge in [0.2, 0.25) is 16.0 Å². The van der Waals surface area contributed by atoms with Gasteiger partial charge in [0.05, 0.1) is 35.1 Å². The van der Waals surface area contributed by atoms with Crippen molar-refractivity contribution in [1.82, 2.24) is 18.9 Å². The van der Waals surface area contributed by atoms with E-state index < -0.39 is 62.8 Å². The van der Waals surface area contributed by atoms with Gasteiger partial charge in [0.25, 0.3) is 0 Å². The van der Waals surface area contributed by atoms with E-state index in [4.69, 9.17) is 11.0 Å². The first kappa shape index (κ1) is 26.6. The van der Waals surface area contributed by atoms with Crippen molar-refractivity contribution in [1.29, 1.82) is 5.26 Å². The molecule has 1 fully saturated rings. The summed E-state index contributed by atoms with van der Waals surface area (Å²) in [4.78, 5) is 3.35. The molecule has 0 aromatic carbocycles. The number of aromatic nitrogens is 3. The molecule has 0 spiro atoms. The number of anilines is 1. The Hall–Kier alpha value is -2.67. The van der Waals surface area contributed by atoms with E-state index in [9.17, 15) is 39.2 Å². The van der Waals surface area contributed by atoms with Crippen LogP contribution in [-0.4, -0.2) is 59.0 Å². The number of halogens is 7. The number of hydrogen-bond acceptors (Lipinski definition) is 6. The van der Waals surface area contributed by atoms with Crippen molar-refractivity contribution in [3.8, 4) is 6.07 Å². The van der Waals surface area contributed by atoms with Gasteiger partial charge in [-0.25, -0.2) is 22.3 Å². The van der Waals surface area contributed by atoms with Crippen molar-refractivity contribution < 1.29 is 39.2 Å². The lowest BCUT2D eigenvalue weighted by Gasteiger charge is -2.26. The van der Waals surface area contributed by atoms with Crippen molar-refractivity contribution in [2.45, 2.75) is 44.2 Å². The Balaban J connectivity index is 0.000000294. The van der Waals surface area contributed by atoms with Crippen LogP contribution in [0.25, 0.3) is 5.52 Å². The third-order valence-electron chi connectivity index (χ3n) is 4.83. The number of rotatable bonds is 2. The summed E-state index contributed by atoms with van der Waals surface area (Å²) in [5, 5.41) is 12.3. The topological polar surface area (TPSA) is 117 Å². The molecule has 2 aromatic rings. The Bertz CT molecular complexity index is 1150. The smallest absolute Gasteiger partial charge is 0.367 e. The van der Waals surface area contributed by atoms with Gasteiger partial charge in [0.15, 0.2) is 0 Å². The zero-order chi connectivity index (χ0) is 25.4. The SMILES string of the molecule is CC(c1c(C#N)c(C(F)(F)F)c2cnc(N)nn12)C(F)(F)F.CS(=O)(=O)N1CCCC(F)C1. The van der Waals surface area contributed by atoms with E-state index in [-0.39, 0.29) is 6.54 Å². The number of nitrogens with two attached hydrogens (primary N) is 1. The average molecular weight is 504 g/mol. The number of alkyl halides is 7. The highest BCUT2D eigenvalue weighted by Crippen LogP contribution is 2.43. The summed E-state index contributed by atoms with van der Waals surface area (Å²) in [6.07, 6.45) is -8.00. The number of piperidine rings is 1. The molecule has 2 N–H and O–H groups in total. The van der Waals surface area contributed by atoms with Crippen LogP contribution in [0.1, 0.15) is 42.5 Å². The zero-order valence-electron chi connectivity index (χ0n) is 17.2. The number of hydrogen-bond donors (Lipinski definition) is 1. The second-order valence-corrected chi connectivity index (χ2v) is 9.26. The maximum atomic E-state index is 13.1. The van der Waals surface area contributed by atoms with Gasteiger partial charge in [-0.3, -0.25) is 0 Å². The highest BCUT2D eigenvalue weighted by molar-refractivity contribution is 7.88. The number of nitriles is 1. The molecule has 2 aromatic heterocycles. The van der Waals surface area contributed by atoms with Crippen molar-refractivity contribution in [3.63, 3.8) is 0 Å². The van der Waals surface area contributed by atoms with Crippen LogP contribution >= 0.6 is 0 Å². The van der Waals surface area contributed by atoms with E-state index in [1.54, 1.807) is 0 Å². The predicted molar refractivity (Wildman–Crippen MR) is 102 cm³/mol. The Morgan fingerprint density at radius 1 is 1.27 bits per heavy atom. The Morgan fingerprint density at radius 2 is 1.88 bits per heavy atom. The van der Waals surface area contributed by atoms with Gasteiger partial charge >= 0.3 is 12.4 Å². The van der Waals surface area contributed by atoms with Gasteiger partial charge in [-0.05, 0) is 19.8 Å². The monoisotopic (exact) mass is 504 g/mol. The summed E-state index contributed by atoms with van der Waals surface area (Å²) in [6, 6.07) is 1.18. The fourth-order valence-corrected chi connectivity index (χ4v) is 4.12. The first-order valence-corrected chi connectivity index (χ1v) is 11.1. The molecule has 0 radical (unpaired) electrons. The lowest BCUT2D eigenvalue weighted by molar-refractivity contribution is -0.148. The van der Waals surface area contributed by atoms with Crippen LogP contribution < -0.4 is 5.73 Å². The molecular weight excluding hydrogens is 485 g/mol. The van der Waals surface area contributed by atoms with Gasteiger partial charge in [-0.1, -0.05) is 0 Å². The minimum Gasteiger partial charge on any atom is -0.367 e. The summed E-state index contributed by atoms with van der Waals surface area (Å²) < 4.78 is 114. The van der Waals surface area contributed by atoms with Crippen LogP contribution in [-0.2, 0) is 16.2 Å². The second-order valence-electron chi connectivity index (χ2n) is 7.28. The second kappa shape index (κ2) is 9.29. The van der Waals surface area contributed by atoms with Gasteiger partial charge < -0.3 is 5.73 Å². The third kappa shape index (κ3) is 6.02. The van der Waals surface area contributed by atoms with Crippen molar-refractivity contribution in [2.24, 2.45) is 0 Å². The normalized spacial score (nSPS) is 19.0. The highest BCUT2D eigenvalue weighted by atomic mass is 32.2. The number of nitrogens with zero attached hydrogens (tertiary/aromatic N) is 5. The van der Waals surface area contributed by atoms with E-state index in [0.29, 0.717) is 37.0 Å². The van der Waals surface area contributed by atoms with Crippen LogP contribution in [0.3, 0.4) is 0 Å². The van der Waals surface area contributed by atoms with Crippen molar-refractivity contribution in [2.75, 3.05) is 25.1 Å². The quantitative estimate of drug-likeness (QED) is 0.628. The average Bonchev–Trinajstić information content (AvgIpc) is 3.00. The minimum atomic E-state index is -5.04. The number of sulfonamides is 1. The van der Waals surface area contributed by atoms with Crippen LogP contribution in [0.5, 0.6) is 0 Å². The molecule has 3 heterocycles. The van der Waals surface area contributed by atoms with E-state index in [0.717, 1.165) is 6.26 Å². The van der Waals surface area contributed by atoms with Crippen LogP contribution in [0.15, 0.2) is 6.20 Å². The molecule has 0 bridgehead atoms. The first-order valence-electron chi connectivity index (χ1n) is 9.28. The largest absolute Gasteiger partial charge is 0.419 e. The van der Waals surface area contributed by atoms with E-state index >= 15 is 0 Å². The maximum absolute atomic E-state index is 13.1. The van der Waals surface area contributed by atoms with Gasteiger partial charge in [0.1, 0.15) is 17.8 Å². The summed E-state index contributed by atoms with van der Waals surface area (Å²) in [6.45, 7) is 1.15. The molecule has 1 aliphatic rings. The zero-order valence-corrected chi connectivity index (χ0v) is 18.1. The molecule has 1 saturated heterocycles. The summed E-state index contributed by atoms with van der Waals surface area (Å²) in [7, 11) is -3.17. The van der Waals surface area contributed by atoms with Crippen LogP contribution in [0, 0.1) is 11.3 Å². The highest BCUT2D eigenvalue weighted by Gasteiger charge is 2.46. The molecular formula is C17H19F7N6O2S. The maximum Gasteiger partial charge on any atom is 0.419 e. The fourth-order valence-electron chi connectivity index (χ4n) is 3.23. The van der Waals surface area contributed by atoms with Gasteiger partial charge in [-0.15, -0.1) is 5.10 Å². The Morgan fingerprint density at radius 3 is 2.30 bits per heavy atom. The minimum absolute atomic E-state index is 0.0405. The fraction of sp³-hybridized carbons (Fsp3) is 0.588. The van der Waals surface area contributed by atoms with Crippen molar-refractivity contribution >= 4 is 21.5 Å². The standard InChI is InChI=1S/C11H7F6N5.C6H12FNO2S/c1-4(10(12,13)14)8-5(2-18)7(11(15,16)17)6-3-20-9(19)21-22(6)8;1-11(9,10)8-4-2-3-6(7)5-8/h3-4H,1H3,(H2,19,21);6H,2-5H2,1H3. The van der Waals surface area contributed by atoms with Gasteiger partial charge in [-0.2, -0.15) is 35.9 Å². The van der Waals surface area contributed by atoms with E-state index in [1.165, 1.54) is 10.4 Å². The van der Waals surface area contributed by atoms with Gasteiger partial charge in [0, 0.05) is 13.1 Å². The molecule has 2 atom stereocenters. The first-order chi connectivity index (χ1) is 15.0. The molecule has 3 rings (SSSR count). The number of nitrogen functional groups attached to an aromatic ring is 1. The molecule has 184 valence electrons. The Labute approximate surface area is 183 Å². The van der Waals surface area contributed by atoms with E-state index in [1.807, 2.05) is 0 Å². The molecule has 2 unspecified atom stereocenters. The van der Waals surface area contributed by atoms with Crippen molar-refractivity contribution in [3.05, 3.63) is 23.0 Å². The molecule has 33 heavy (non-hydrogen) atoms. The number of fused-ring (bicyclic) bond motifs is 1. The van der Waals surface area contributed by atoms with Crippen LogP contribution in [0.2, 0.25) is 0 Å². The summed E-state index contributed by atoms with van der Waals surface area (Å²) in [5.74, 6) is -2.86. The molecule has 16 heteroatoms. The molecule has 8 nitrogen and oxygen atoms in total. The lowest BCUT2D eigenvalue weighted by atomic mass is 10.0. The van der Waals surface area contributed by atoms with E-state index in [2.05, 4.69) is 10.1 Å².